The Morgan fingerprint density at radius 2 is 1.92 bits per heavy atom. The molecule has 4 aromatic heterocycles. The van der Waals surface area contributed by atoms with Gasteiger partial charge in [-0.25, -0.2) is 4.98 Å². The molecule has 0 aliphatic carbocycles. The van der Waals surface area contributed by atoms with Gasteiger partial charge in [-0.15, -0.1) is 0 Å². The Morgan fingerprint density at radius 1 is 1.06 bits per heavy atom. The lowest BCUT2D eigenvalue weighted by Gasteiger charge is -2.34. The topological polar surface area (TPSA) is 106 Å². The molecule has 1 aliphatic heterocycles. The second kappa shape index (κ2) is 9.09. The molecule has 1 aliphatic rings. The molecule has 1 aromatic carbocycles. The van der Waals surface area contributed by atoms with Crippen molar-refractivity contribution in [1.29, 1.82) is 0 Å². The Labute approximate surface area is 208 Å². The maximum Gasteiger partial charge on any atom is 0.224 e. The summed E-state index contributed by atoms with van der Waals surface area (Å²) in [5, 5.41) is 11.8. The first-order valence-corrected chi connectivity index (χ1v) is 12.2. The van der Waals surface area contributed by atoms with Crippen LogP contribution in [-0.2, 0) is 4.79 Å². The Balaban J connectivity index is 1.38. The minimum absolute atomic E-state index is 0.0516. The van der Waals surface area contributed by atoms with Crippen molar-refractivity contribution in [2.24, 2.45) is 0 Å². The van der Waals surface area contributed by atoms with Crippen LogP contribution in [0.5, 0.6) is 0 Å². The molecular weight excluding hydrogens is 452 g/mol. The van der Waals surface area contributed by atoms with E-state index in [-0.39, 0.29) is 5.91 Å². The van der Waals surface area contributed by atoms with E-state index in [4.69, 9.17) is 4.98 Å². The molecule has 0 radical (unpaired) electrons. The van der Waals surface area contributed by atoms with Gasteiger partial charge in [-0.2, -0.15) is 5.10 Å². The van der Waals surface area contributed by atoms with E-state index in [0.717, 1.165) is 65.4 Å². The van der Waals surface area contributed by atoms with E-state index in [0.29, 0.717) is 12.1 Å². The number of fused-ring (bicyclic) bond motifs is 2. The molecule has 9 heteroatoms. The molecule has 0 atom stereocenters. The third-order valence-corrected chi connectivity index (χ3v) is 6.79. The number of hydrogen-bond acceptors (Lipinski definition) is 6. The first-order chi connectivity index (χ1) is 17.6. The summed E-state index contributed by atoms with van der Waals surface area (Å²) in [6, 6.07) is 14.4. The third kappa shape index (κ3) is 4.07. The molecule has 3 N–H and O–H groups in total. The highest BCUT2D eigenvalue weighted by Crippen LogP contribution is 2.34. The van der Waals surface area contributed by atoms with Gasteiger partial charge in [0.2, 0.25) is 5.91 Å². The molecule has 0 spiro atoms. The van der Waals surface area contributed by atoms with Gasteiger partial charge in [-0.3, -0.25) is 14.9 Å². The summed E-state index contributed by atoms with van der Waals surface area (Å²) >= 11 is 0. The molecule has 1 saturated heterocycles. The maximum atomic E-state index is 11.8. The first kappa shape index (κ1) is 22.2. The number of H-pyrrole nitrogens is 2. The van der Waals surface area contributed by atoms with Gasteiger partial charge in [-0.1, -0.05) is 13.0 Å². The monoisotopic (exact) mass is 480 g/mol. The van der Waals surface area contributed by atoms with Crippen molar-refractivity contribution in [2.45, 2.75) is 13.3 Å². The molecule has 36 heavy (non-hydrogen) atoms. The van der Waals surface area contributed by atoms with Crippen molar-refractivity contribution < 1.29 is 4.79 Å². The Kier molecular flexibility index (Phi) is 5.61. The fourth-order valence-corrected chi connectivity index (χ4v) is 4.74. The second-order valence-corrected chi connectivity index (χ2v) is 9.24. The number of benzene rings is 1. The largest absolute Gasteiger partial charge is 0.368 e. The standard InChI is InChI=1S/C27H28N8O/c1-3-25(36)29-18-13-17(15-28-16-18)20-7-8-22-26(31-20)27(33-32-22)23-14-19-21(30-23)5-4-6-24(19)35-11-9-34(2)10-12-35/h4-8,13-16,30H,3,9-12H2,1-2H3,(H,29,36)(H,32,33). The zero-order valence-electron chi connectivity index (χ0n) is 20.4. The number of carbonyl (C=O) groups is 1. The number of hydrogen-bond donors (Lipinski definition) is 3. The van der Waals surface area contributed by atoms with Crippen molar-refractivity contribution in [2.75, 3.05) is 43.4 Å². The lowest BCUT2D eigenvalue weighted by molar-refractivity contribution is -0.115. The summed E-state index contributed by atoms with van der Waals surface area (Å²) in [4.78, 5) is 29.4. The number of anilines is 2. The van der Waals surface area contributed by atoms with Crippen LogP contribution < -0.4 is 10.2 Å². The average Bonchev–Trinajstić information content (AvgIpc) is 3.53. The van der Waals surface area contributed by atoms with Crippen LogP contribution >= 0.6 is 0 Å². The first-order valence-electron chi connectivity index (χ1n) is 12.2. The van der Waals surface area contributed by atoms with Crippen molar-refractivity contribution in [1.82, 2.24) is 30.0 Å². The number of carbonyl (C=O) groups excluding carboxylic acids is 1. The fraction of sp³-hybridized carbons (Fsp3) is 0.259. The molecular formula is C27H28N8O. The summed E-state index contributed by atoms with van der Waals surface area (Å²) < 4.78 is 0. The minimum atomic E-state index is -0.0516. The highest BCUT2D eigenvalue weighted by atomic mass is 16.1. The highest BCUT2D eigenvalue weighted by molar-refractivity contribution is 5.99. The molecule has 0 saturated carbocycles. The Morgan fingerprint density at radius 3 is 2.75 bits per heavy atom. The van der Waals surface area contributed by atoms with Crippen LogP contribution in [0.3, 0.4) is 0 Å². The lowest BCUT2D eigenvalue weighted by Crippen LogP contribution is -2.44. The van der Waals surface area contributed by atoms with Crippen LogP contribution in [0.4, 0.5) is 11.4 Å². The van der Waals surface area contributed by atoms with Crippen molar-refractivity contribution in [3.05, 3.63) is 54.9 Å². The SMILES string of the molecule is CCC(=O)Nc1cncc(-c2ccc3[nH]nc(-c4cc5c(N6CCN(C)CC6)cccc5[nH]4)c3n2)c1. The van der Waals surface area contributed by atoms with E-state index < -0.39 is 0 Å². The predicted molar refractivity (Wildman–Crippen MR) is 143 cm³/mol. The number of aromatic amines is 2. The van der Waals surface area contributed by atoms with Gasteiger partial charge < -0.3 is 20.1 Å². The number of likely N-dealkylation sites (N-methyl/N-ethyl adjacent to an activating group) is 1. The van der Waals surface area contributed by atoms with Crippen LogP contribution in [0.15, 0.2) is 54.9 Å². The predicted octanol–water partition coefficient (Wildman–Crippen LogP) is 4.27. The van der Waals surface area contributed by atoms with Crippen molar-refractivity contribution in [3.8, 4) is 22.6 Å². The second-order valence-electron chi connectivity index (χ2n) is 9.24. The zero-order chi connectivity index (χ0) is 24.6. The van der Waals surface area contributed by atoms with Gasteiger partial charge >= 0.3 is 0 Å². The lowest BCUT2D eigenvalue weighted by atomic mass is 10.1. The van der Waals surface area contributed by atoms with Crippen LogP contribution in [0.2, 0.25) is 0 Å². The molecule has 182 valence electrons. The smallest absolute Gasteiger partial charge is 0.224 e. The summed E-state index contributed by atoms with van der Waals surface area (Å²) in [7, 11) is 2.17. The van der Waals surface area contributed by atoms with E-state index in [9.17, 15) is 4.79 Å². The summed E-state index contributed by atoms with van der Waals surface area (Å²) in [6.07, 6.45) is 3.80. The number of piperazine rings is 1. The Bertz CT molecular complexity index is 1560. The van der Waals surface area contributed by atoms with E-state index in [1.165, 1.54) is 11.1 Å². The third-order valence-electron chi connectivity index (χ3n) is 6.79. The maximum absolute atomic E-state index is 11.8. The van der Waals surface area contributed by atoms with Crippen LogP contribution in [0, 0.1) is 0 Å². The normalized spacial score (nSPS) is 14.6. The van der Waals surface area contributed by atoms with E-state index >= 15 is 0 Å². The zero-order valence-corrected chi connectivity index (χ0v) is 20.4. The molecule has 9 nitrogen and oxygen atoms in total. The van der Waals surface area contributed by atoms with Gasteiger partial charge in [-0.05, 0) is 43.4 Å². The molecule has 5 aromatic rings. The molecule has 0 bridgehead atoms. The fourth-order valence-electron chi connectivity index (χ4n) is 4.74. The molecule has 1 fully saturated rings. The van der Waals surface area contributed by atoms with Crippen LogP contribution in [0.1, 0.15) is 13.3 Å². The van der Waals surface area contributed by atoms with Crippen LogP contribution in [0.25, 0.3) is 44.6 Å². The van der Waals surface area contributed by atoms with Gasteiger partial charge in [0.15, 0.2) is 0 Å². The minimum Gasteiger partial charge on any atom is -0.368 e. The van der Waals surface area contributed by atoms with E-state index in [1.807, 2.05) is 25.1 Å². The molecule has 0 unspecified atom stereocenters. The van der Waals surface area contributed by atoms with Gasteiger partial charge in [0.25, 0.3) is 0 Å². The van der Waals surface area contributed by atoms with Gasteiger partial charge in [0, 0.05) is 61.0 Å². The van der Waals surface area contributed by atoms with Crippen molar-refractivity contribution in [3.63, 3.8) is 0 Å². The highest BCUT2D eigenvalue weighted by Gasteiger charge is 2.19. The van der Waals surface area contributed by atoms with Gasteiger partial charge in [0.1, 0.15) is 11.2 Å². The Hall–Kier alpha value is -4.24. The summed E-state index contributed by atoms with van der Waals surface area (Å²) in [5.74, 6) is -0.0516. The number of aromatic nitrogens is 5. The van der Waals surface area contributed by atoms with E-state index in [1.54, 1.807) is 12.4 Å². The quantitative estimate of drug-likeness (QED) is 0.347. The summed E-state index contributed by atoms with van der Waals surface area (Å²) in [5.41, 5.74) is 7.90. The number of pyridine rings is 2. The number of rotatable bonds is 5. The van der Waals surface area contributed by atoms with Crippen LogP contribution in [-0.4, -0.2) is 69.2 Å². The molecule has 1 amide bonds. The number of amides is 1. The van der Waals surface area contributed by atoms with Gasteiger partial charge in [0.05, 0.1) is 28.8 Å². The number of nitrogens with zero attached hydrogens (tertiary/aromatic N) is 5. The van der Waals surface area contributed by atoms with E-state index in [2.05, 4.69) is 66.6 Å². The number of nitrogens with one attached hydrogen (secondary N) is 3. The van der Waals surface area contributed by atoms with Crippen molar-refractivity contribution >= 4 is 39.2 Å². The summed E-state index contributed by atoms with van der Waals surface area (Å²) in [6.45, 7) is 5.96. The molecule has 6 rings (SSSR count). The molecule has 5 heterocycles. The average molecular weight is 481 g/mol.